The molecule has 4 rings (SSSR count). The van der Waals surface area contributed by atoms with E-state index in [1.54, 1.807) is 0 Å². The predicted octanol–water partition coefficient (Wildman–Crippen LogP) is 3.10. The number of rotatable bonds is 31. The lowest BCUT2D eigenvalue weighted by molar-refractivity contribution is -0.226. The Balaban J connectivity index is 1.56. The zero-order valence-corrected chi connectivity index (χ0v) is 40.1. The predicted molar refractivity (Wildman–Crippen MR) is 236 cm³/mol. The van der Waals surface area contributed by atoms with Gasteiger partial charge < -0.3 is 63.1 Å². The maximum Gasteiger partial charge on any atom is 0.306 e. The van der Waals surface area contributed by atoms with E-state index in [1.807, 2.05) is 6.92 Å². The van der Waals surface area contributed by atoms with Crippen molar-refractivity contribution in [1.82, 2.24) is 0 Å². The van der Waals surface area contributed by atoms with Gasteiger partial charge in [0.05, 0.1) is 98.0 Å². The zero-order valence-electron chi connectivity index (χ0n) is 40.1. The van der Waals surface area contributed by atoms with Crippen LogP contribution in [0.2, 0.25) is 0 Å². The lowest BCUT2D eigenvalue weighted by Gasteiger charge is -2.64. The fourth-order valence-electron chi connectivity index (χ4n) is 11.7. The van der Waals surface area contributed by atoms with Crippen molar-refractivity contribution in [2.75, 3.05) is 79.3 Å². The molecule has 4 saturated carbocycles. The first kappa shape index (κ1) is 56.6. The van der Waals surface area contributed by atoms with E-state index in [4.69, 9.17) is 58.0 Å². The fourth-order valence-corrected chi connectivity index (χ4v) is 11.7. The van der Waals surface area contributed by atoms with Crippen LogP contribution in [0.3, 0.4) is 0 Å². The Kier molecular flexibility index (Phi) is 23.9. The molecule has 11 atom stereocenters. The summed E-state index contributed by atoms with van der Waals surface area (Å²) in [5.41, 5.74) is -1.06. The maximum atomic E-state index is 13.8. The standard InChI is InChI=1S/C48H76O20/c1-31(4-7-39(52)53)34-5-6-35-46-36(30-38(48(34,35)3)68-45(59)13-10-42(56)65-27-24-62-21-18-51)47(2)15-14-33(66-43(57)11-8-40(54)63-25-22-60-19-16-49)28-32(47)29-37(46)67-44(58)12-9-41(55)64-26-23-61-20-17-50/h31-38,46,49-51H,4-30H2,1-3H3,(H,52,53)/t31-,32+,33-,34-,35+,36+,37-,38+,46+,47+,48-/m1/s1. The summed E-state index contributed by atoms with van der Waals surface area (Å²) in [6.07, 6.45) is 1.24. The van der Waals surface area contributed by atoms with Crippen LogP contribution in [0.1, 0.15) is 117 Å². The van der Waals surface area contributed by atoms with E-state index < -0.39 is 65.5 Å². The molecule has 0 bridgehead atoms. The van der Waals surface area contributed by atoms with Crippen LogP contribution in [0.5, 0.6) is 0 Å². The molecule has 20 heteroatoms. The zero-order chi connectivity index (χ0) is 49.7. The van der Waals surface area contributed by atoms with Crippen LogP contribution >= 0.6 is 0 Å². The molecule has 4 N–H and O–H groups in total. The number of esters is 6. The number of aliphatic carboxylic acids is 1. The summed E-state index contributed by atoms with van der Waals surface area (Å²) in [6, 6.07) is 0. The number of carbonyl (C=O) groups is 7. The van der Waals surface area contributed by atoms with Gasteiger partial charge in [-0.05, 0) is 86.4 Å². The molecule has 0 aromatic carbocycles. The molecule has 0 spiro atoms. The normalized spacial score (nSPS) is 28.7. The summed E-state index contributed by atoms with van der Waals surface area (Å²) in [6.45, 7) is 6.37. The maximum absolute atomic E-state index is 13.8. The number of aliphatic hydroxyl groups is 3. The number of carbonyl (C=O) groups excluding carboxylic acids is 6. The first-order chi connectivity index (χ1) is 32.6. The number of carboxylic acid groups (broad SMARTS) is 1. The average Bonchev–Trinajstić information content (AvgIpc) is 3.67. The minimum atomic E-state index is -0.909. The Bertz CT molecular complexity index is 1640. The van der Waals surface area contributed by atoms with E-state index in [1.165, 1.54) is 0 Å². The summed E-state index contributed by atoms with van der Waals surface area (Å²) in [4.78, 5) is 89.8. The van der Waals surface area contributed by atoms with Crippen molar-refractivity contribution in [2.45, 2.75) is 135 Å². The van der Waals surface area contributed by atoms with Gasteiger partial charge in [0, 0.05) is 17.8 Å². The molecule has 4 aliphatic carbocycles. The van der Waals surface area contributed by atoms with Gasteiger partial charge in [-0.1, -0.05) is 20.8 Å². The van der Waals surface area contributed by atoms with Crippen molar-refractivity contribution in [3.8, 4) is 0 Å². The van der Waals surface area contributed by atoms with E-state index >= 15 is 0 Å². The smallest absolute Gasteiger partial charge is 0.306 e. The quantitative estimate of drug-likeness (QED) is 0.0441. The van der Waals surface area contributed by atoms with Crippen molar-refractivity contribution >= 4 is 41.8 Å². The highest BCUT2D eigenvalue weighted by atomic mass is 16.6. The summed E-state index contributed by atoms with van der Waals surface area (Å²) < 4.78 is 49.7. The first-order valence-electron chi connectivity index (χ1n) is 24.4. The molecule has 0 radical (unpaired) electrons. The molecule has 0 aliphatic heterocycles. The minimum absolute atomic E-state index is 0.0150. The van der Waals surface area contributed by atoms with Crippen LogP contribution in [0, 0.1) is 46.3 Å². The van der Waals surface area contributed by atoms with Crippen LogP contribution in [0.25, 0.3) is 0 Å². The number of aliphatic hydroxyl groups excluding tert-OH is 3. The first-order valence-corrected chi connectivity index (χ1v) is 24.4. The molecule has 0 heterocycles. The lowest BCUT2D eigenvalue weighted by Crippen LogP contribution is -2.63. The van der Waals surface area contributed by atoms with E-state index in [0.29, 0.717) is 44.9 Å². The second kappa shape index (κ2) is 28.6. The molecule has 4 fully saturated rings. The molecule has 0 aromatic heterocycles. The molecule has 68 heavy (non-hydrogen) atoms. The summed E-state index contributed by atoms with van der Waals surface area (Å²) in [5, 5.41) is 36.3. The second-order valence-corrected chi connectivity index (χ2v) is 19.0. The Hall–Kier alpha value is -3.95. The third kappa shape index (κ3) is 16.6. The summed E-state index contributed by atoms with van der Waals surface area (Å²) in [7, 11) is 0. The molecule has 0 unspecified atom stereocenters. The van der Waals surface area contributed by atoms with Crippen molar-refractivity contribution in [3.05, 3.63) is 0 Å². The Morgan fingerprint density at radius 2 is 1.03 bits per heavy atom. The van der Waals surface area contributed by atoms with E-state index in [2.05, 4.69) is 13.8 Å². The van der Waals surface area contributed by atoms with E-state index in [0.717, 1.165) is 6.42 Å². The van der Waals surface area contributed by atoms with Gasteiger partial charge in [-0.2, -0.15) is 0 Å². The van der Waals surface area contributed by atoms with Gasteiger partial charge in [-0.25, -0.2) is 0 Å². The molecule has 20 nitrogen and oxygen atoms in total. The van der Waals surface area contributed by atoms with E-state index in [9.17, 15) is 38.7 Å². The lowest BCUT2D eigenvalue weighted by atomic mass is 9.43. The van der Waals surface area contributed by atoms with Crippen molar-refractivity contribution in [3.63, 3.8) is 0 Å². The number of carboxylic acids is 1. The van der Waals surface area contributed by atoms with Gasteiger partial charge in [0.15, 0.2) is 0 Å². The topological polar surface area (TPSA) is 283 Å². The highest BCUT2D eigenvalue weighted by Crippen LogP contribution is 2.69. The van der Waals surface area contributed by atoms with Crippen LogP contribution in [-0.4, -0.2) is 160 Å². The highest BCUT2D eigenvalue weighted by Gasteiger charge is 2.68. The monoisotopic (exact) mass is 972 g/mol. The van der Waals surface area contributed by atoms with Gasteiger partial charge in [0.1, 0.15) is 38.1 Å². The Labute approximate surface area is 398 Å². The van der Waals surface area contributed by atoms with Crippen LogP contribution in [-0.2, 0) is 76.2 Å². The Morgan fingerprint density at radius 3 is 1.53 bits per heavy atom. The summed E-state index contributed by atoms with van der Waals surface area (Å²) >= 11 is 0. The highest BCUT2D eigenvalue weighted by molar-refractivity contribution is 5.79. The summed E-state index contributed by atoms with van der Waals surface area (Å²) in [5.74, 6) is -5.13. The van der Waals surface area contributed by atoms with Gasteiger partial charge in [0.25, 0.3) is 0 Å². The van der Waals surface area contributed by atoms with Crippen LogP contribution < -0.4 is 0 Å². The molecular weight excluding hydrogens is 897 g/mol. The molecule has 388 valence electrons. The SMILES string of the molecule is C[C@H](CCC(=O)O)[C@H]1CC[C@H]2[C@@H]3[C@H](OC(=O)CCC(=O)OCCOCCO)C[C@@H]4C[C@H](OC(=O)CCC(=O)OCCOCCO)CC[C@]4(C)[C@H]3C[C@H](OC(=O)CCC(=O)OCCOCCO)[C@]12C. The molecule has 4 aliphatic rings. The van der Waals surface area contributed by atoms with Gasteiger partial charge in [-0.3, -0.25) is 33.6 Å². The number of hydrogen-bond acceptors (Lipinski definition) is 19. The van der Waals surface area contributed by atoms with E-state index in [-0.39, 0.29) is 165 Å². The molecular formula is C48H76O20. The average molecular weight is 973 g/mol. The third-order valence-electron chi connectivity index (χ3n) is 14.9. The van der Waals surface area contributed by atoms with Crippen LogP contribution in [0.4, 0.5) is 0 Å². The third-order valence-corrected chi connectivity index (χ3v) is 14.9. The molecule has 0 aromatic rings. The molecule has 0 saturated heterocycles. The van der Waals surface area contributed by atoms with Gasteiger partial charge in [0.2, 0.25) is 0 Å². The van der Waals surface area contributed by atoms with Crippen molar-refractivity contribution in [1.29, 1.82) is 0 Å². The Morgan fingerprint density at radius 1 is 0.544 bits per heavy atom. The van der Waals surface area contributed by atoms with Crippen molar-refractivity contribution < 1.29 is 96.6 Å². The van der Waals surface area contributed by atoms with Crippen molar-refractivity contribution in [2.24, 2.45) is 46.3 Å². The largest absolute Gasteiger partial charge is 0.481 e. The second-order valence-electron chi connectivity index (χ2n) is 19.0. The van der Waals surface area contributed by atoms with Crippen LogP contribution in [0.15, 0.2) is 0 Å². The van der Waals surface area contributed by atoms with Gasteiger partial charge in [-0.15, -0.1) is 0 Å². The number of ether oxygens (including phenoxy) is 9. The number of fused-ring (bicyclic) bond motifs is 5. The molecule has 0 amide bonds. The minimum Gasteiger partial charge on any atom is -0.481 e. The fraction of sp³-hybridized carbons (Fsp3) is 0.854. The number of hydrogen-bond donors (Lipinski definition) is 4. The van der Waals surface area contributed by atoms with Gasteiger partial charge >= 0.3 is 41.8 Å².